The van der Waals surface area contributed by atoms with E-state index in [1.165, 1.54) is 6.42 Å². The molecular weight excluding hydrogens is 458 g/mol. The SMILES string of the molecule is CC(C[CH]C(=O)NC(Cc1ccc(OCc2ccccc2)cc1)C(=O)NCCc1ccco1)C(N)=O. The summed E-state index contributed by atoms with van der Waals surface area (Å²) in [6.45, 7) is 2.47. The lowest BCUT2D eigenvalue weighted by molar-refractivity contribution is -0.127. The molecule has 0 spiro atoms. The summed E-state index contributed by atoms with van der Waals surface area (Å²) in [5.74, 6) is -0.232. The van der Waals surface area contributed by atoms with Crippen molar-refractivity contribution >= 4 is 17.7 Å². The van der Waals surface area contributed by atoms with Gasteiger partial charge < -0.3 is 25.5 Å². The van der Waals surface area contributed by atoms with Gasteiger partial charge in [-0.15, -0.1) is 0 Å². The Bertz CT molecular complexity index is 1100. The van der Waals surface area contributed by atoms with Crippen molar-refractivity contribution in [1.29, 1.82) is 0 Å². The van der Waals surface area contributed by atoms with Crippen LogP contribution in [0.15, 0.2) is 77.4 Å². The average Bonchev–Trinajstić information content (AvgIpc) is 3.40. The van der Waals surface area contributed by atoms with E-state index in [1.807, 2.05) is 60.7 Å². The van der Waals surface area contributed by atoms with Crippen molar-refractivity contribution in [3.05, 3.63) is 96.3 Å². The molecule has 2 unspecified atom stereocenters. The van der Waals surface area contributed by atoms with Crippen LogP contribution in [0.25, 0.3) is 0 Å². The zero-order chi connectivity index (χ0) is 25.8. The van der Waals surface area contributed by atoms with Crippen molar-refractivity contribution < 1.29 is 23.5 Å². The molecule has 2 atom stereocenters. The Morgan fingerprint density at radius 1 is 1.00 bits per heavy atom. The first-order valence-corrected chi connectivity index (χ1v) is 11.9. The number of rotatable bonds is 14. The molecule has 0 saturated heterocycles. The topological polar surface area (TPSA) is 124 Å². The van der Waals surface area contributed by atoms with Crippen molar-refractivity contribution in [2.24, 2.45) is 11.7 Å². The van der Waals surface area contributed by atoms with E-state index >= 15 is 0 Å². The number of hydrogen-bond donors (Lipinski definition) is 3. The number of benzene rings is 2. The summed E-state index contributed by atoms with van der Waals surface area (Å²) in [5.41, 5.74) is 7.19. The zero-order valence-corrected chi connectivity index (χ0v) is 20.3. The van der Waals surface area contributed by atoms with E-state index in [2.05, 4.69) is 10.6 Å². The van der Waals surface area contributed by atoms with Gasteiger partial charge in [0.05, 0.1) is 12.7 Å². The molecular formula is C28H32N3O5. The van der Waals surface area contributed by atoms with Gasteiger partial charge in [-0.25, -0.2) is 0 Å². The summed E-state index contributed by atoms with van der Waals surface area (Å²) >= 11 is 0. The smallest absolute Gasteiger partial charge is 0.242 e. The molecule has 1 radical (unpaired) electrons. The molecule has 3 amide bonds. The predicted octanol–water partition coefficient (Wildman–Crippen LogP) is 2.96. The molecule has 8 heteroatoms. The highest BCUT2D eigenvalue weighted by Gasteiger charge is 2.22. The maximum absolute atomic E-state index is 12.9. The number of nitrogens with two attached hydrogens (primary N) is 1. The van der Waals surface area contributed by atoms with Crippen molar-refractivity contribution in [2.75, 3.05) is 6.54 Å². The summed E-state index contributed by atoms with van der Waals surface area (Å²) in [7, 11) is 0. The van der Waals surface area contributed by atoms with E-state index in [4.69, 9.17) is 14.9 Å². The molecule has 189 valence electrons. The van der Waals surface area contributed by atoms with Crippen LogP contribution in [0.4, 0.5) is 0 Å². The van der Waals surface area contributed by atoms with Crippen LogP contribution in [0.2, 0.25) is 0 Å². The van der Waals surface area contributed by atoms with Crippen molar-refractivity contribution in [3.8, 4) is 5.75 Å². The van der Waals surface area contributed by atoms with Crippen molar-refractivity contribution in [1.82, 2.24) is 10.6 Å². The van der Waals surface area contributed by atoms with E-state index in [0.29, 0.717) is 25.3 Å². The number of carbonyl (C=O) groups is 3. The van der Waals surface area contributed by atoms with Crippen LogP contribution in [-0.4, -0.2) is 30.3 Å². The maximum atomic E-state index is 12.9. The molecule has 0 aliphatic rings. The summed E-state index contributed by atoms with van der Waals surface area (Å²) in [5, 5.41) is 5.60. The van der Waals surface area contributed by atoms with E-state index in [-0.39, 0.29) is 18.7 Å². The summed E-state index contributed by atoms with van der Waals surface area (Å²) in [4.78, 5) is 36.6. The number of furan rings is 1. The lowest BCUT2D eigenvalue weighted by Gasteiger charge is -2.19. The Hall–Kier alpha value is -4.07. The first-order valence-electron chi connectivity index (χ1n) is 11.9. The average molecular weight is 491 g/mol. The van der Waals surface area contributed by atoms with E-state index in [1.54, 1.807) is 19.3 Å². The molecule has 0 bridgehead atoms. The van der Waals surface area contributed by atoms with Gasteiger partial charge in [-0.1, -0.05) is 49.4 Å². The Morgan fingerprint density at radius 2 is 1.75 bits per heavy atom. The third-order valence-electron chi connectivity index (χ3n) is 5.64. The summed E-state index contributed by atoms with van der Waals surface area (Å²) in [6, 6.07) is 20.1. The van der Waals surface area contributed by atoms with Gasteiger partial charge >= 0.3 is 0 Å². The van der Waals surface area contributed by atoms with Crippen LogP contribution >= 0.6 is 0 Å². The highest BCUT2D eigenvalue weighted by molar-refractivity contribution is 5.91. The Balaban J connectivity index is 1.58. The fourth-order valence-electron chi connectivity index (χ4n) is 3.43. The second-order valence-electron chi connectivity index (χ2n) is 8.55. The predicted molar refractivity (Wildman–Crippen MR) is 136 cm³/mol. The van der Waals surface area contributed by atoms with Gasteiger partial charge in [-0.3, -0.25) is 14.4 Å². The van der Waals surface area contributed by atoms with E-state index < -0.39 is 23.8 Å². The Labute approximate surface area is 211 Å². The summed E-state index contributed by atoms with van der Waals surface area (Å²) in [6.07, 6.45) is 3.95. The number of nitrogens with one attached hydrogen (secondary N) is 2. The molecule has 8 nitrogen and oxygen atoms in total. The number of hydrogen-bond acceptors (Lipinski definition) is 5. The molecule has 2 aromatic carbocycles. The van der Waals surface area contributed by atoms with Crippen LogP contribution in [0.3, 0.4) is 0 Å². The van der Waals surface area contributed by atoms with Gasteiger partial charge in [-0.05, 0) is 41.8 Å². The molecule has 36 heavy (non-hydrogen) atoms. The van der Waals surface area contributed by atoms with Crippen molar-refractivity contribution in [3.63, 3.8) is 0 Å². The maximum Gasteiger partial charge on any atom is 0.242 e. The van der Waals surface area contributed by atoms with Gasteiger partial charge in [0, 0.05) is 25.3 Å². The quantitative estimate of drug-likeness (QED) is 0.321. The molecule has 0 fully saturated rings. The van der Waals surface area contributed by atoms with Crippen LogP contribution < -0.4 is 21.1 Å². The van der Waals surface area contributed by atoms with Gasteiger partial charge in [0.15, 0.2) is 0 Å². The second-order valence-corrected chi connectivity index (χ2v) is 8.55. The number of primary amides is 1. The van der Waals surface area contributed by atoms with E-state index in [0.717, 1.165) is 16.9 Å². The summed E-state index contributed by atoms with van der Waals surface area (Å²) < 4.78 is 11.1. The monoisotopic (exact) mass is 490 g/mol. The Kier molecular flexibility index (Phi) is 10.1. The molecule has 1 heterocycles. The third-order valence-corrected chi connectivity index (χ3v) is 5.64. The molecule has 0 saturated carbocycles. The standard InChI is InChI=1S/C28H32N3O5/c1-20(27(29)33)9-14-26(32)31-25(28(34)30-16-15-23-8-5-17-35-23)18-21-10-12-24(13-11-21)36-19-22-6-3-2-4-7-22/h2-8,10-14,17,20,25H,9,15-16,18-19H2,1H3,(H2,29,33)(H,30,34)(H,31,32). The minimum atomic E-state index is -0.801. The molecule has 0 aliphatic carbocycles. The largest absolute Gasteiger partial charge is 0.489 e. The second kappa shape index (κ2) is 13.7. The Morgan fingerprint density at radius 3 is 2.42 bits per heavy atom. The van der Waals surface area contributed by atoms with Crippen LogP contribution in [-0.2, 0) is 33.8 Å². The van der Waals surface area contributed by atoms with Gasteiger partial charge in [0.25, 0.3) is 0 Å². The van der Waals surface area contributed by atoms with E-state index in [9.17, 15) is 14.4 Å². The van der Waals surface area contributed by atoms with Crippen molar-refractivity contribution in [2.45, 2.75) is 38.8 Å². The molecule has 4 N–H and O–H groups in total. The molecule has 1 aromatic heterocycles. The first kappa shape index (κ1) is 26.5. The van der Waals surface area contributed by atoms with Crippen LogP contribution in [0.5, 0.6) is 5.75 Å². The zero-order valence-electron chi connectivity index (χ0n) is 20.3. The molecule has 3 aromatic rings. The fourth-order valence-corrected chi connectivity index (χ4v) is 3.43. The molecule has 0 aliphatic heterocycles. The van der Waals surface area contributed by atoms with Gasteiger partial charge in [0.1, 0.15) is 24.2 Å². The third kappa shape index (κ3) is 8.94. The first-order chi connectivity index (χ1) is 17.4. The van der Waals surface area contributed by atoms with Crippen LogP contribution in [0.1, 0.15) is 30.2 Å². The number of carbonyl (C=O) groups excluding carboxylic acids is 3. The highest BCUT2D eigenvalue weighted by atomic mass is 16.5. The van der Waals surface area contributed by atoms with Crippen LogP contribution in [0, 0.1) is 12.3 Å². The highest BCUT2D eigenvalue weighted by Crippen LogP contribution is 2.16. The van der Waals surface area contributed by atoms with Gasteiger partial charge in [0.2, 0.25) is 17.7 Å². The molecule has 3 rings (SSSR count). The lowest BCUT2D eigenvalue weighted by atomic mass is 10.0. The number of amides is 3. The lowest BCUT2D eigenvalue weighted by Crippen LogP contribution is -2.48. The van der Waals surface area contributed by atoms with Gasteiger partial charge in [-0.2, -0.15) is 0 Å². The number of ether oxygens (including phenoxy) is 1. The normalized spacial score (nSPS) is 12.4. The minimum Gasteiger partial charge on any atom is -0.489 e. The fraction of sp³-hybridized carbons (Fsp3) is 0.286. The minimum absolute atomic E-state index is 0.196.